The Hall–Kier alpha value is -0.980. The number of hydrogen-bond donors (Lipinski definition) is 2. The van der Waals surface area contributed by atoms with Crippen molar-refractivity contribution >= 4 is 80.4 Å². The van der Waals surface area contributed by atoms with E-state index in [4.69, 9.17) is 32.7 Å². The van der Waals surface area contributed by atoms with Crippen molar-refractivity contribution in [2.75, 3.05) is 0 Å². The summed E-state index contributed by atoms with van der Waals surface area (Å²) in [6.07, 6.45) is -0.683. The maximum absolute atomic E-state index is 12.0. The summed E-state index contributed by atoms with van der Waals surface area (Å²) in [5, 5.41) is 13.0. The monoisotopic (exact) mass is 691 g/mol. The van der Waals surface area contributed by atoms with Crippen LogP contribution in [0.4, 0.5) is 4.79 Å². The highest BCUT2D eigenvalue weighted by Crippen LogP contribution is 2.32. The number of rotatable bonds is 7. The Balaban J connectivity index is 2.14. The average Bonchev–Trinajstić information content (AvgIpc) is 2.60. The first-order valence-corrected chi connectivity index (χ1v) is 12.0. The summed E-state index contributed by atoms with van der Waals surface area (Å²) < 4.78 is 12.7. The number of benzene rings is 2. The quantitative estimate of drug-likeness (QED) is 0.333. The van der Waals surface area contributed by atoms with E-state index in [1.54, 1.807) is 39.0 Å². The predicted octanol–water partition coefficient (Wildman–Crippen LogP) is 6.30. The minimum atomic E-state index is -1.15. The van der Waals surface area contributed by atoms with Gasteiger partial charge in [-0.3, -0.25) is 0 Å². The molecular weight excluding hydrogens is 671 g/mol. The number of carboxylic acids is 1. The van der Waals surface area contributed by atoms with Crippen molar-refractivity contribution in [2.45, 2.75) is 45.4 Å². The minimum Gasteiger partial charge on any atom is -0.487 e. The van der Waals surface area contributed by atoms with E-state index in [9.17, 15) is 14.7 Å². The summed E-state index contributed by atoms with van der Waals surface area (Å²) >= 11 is 16.6. The van der Waals surface area contributed by atoms with E-state index in [1.807, 2.05) is 12.1 Å². The Morgan fingerprint density at radius 1 is 1.13 bits per heavy atom. The second kappa shape index (κ2) is 11.2. The summed E-state index contributed by atoms with van der Waals surface area (Å²) in [6.45, 7) is 5.33. The third-order valence-electron chi connectivity index (χ3n) is 3.91. The van der Waals surface area contributed by atoms with E-state index in [1.165, 1.54) is 0 Å². The molecule has 0 radical (unpaired) electrons. The second-order valence-corrected chi connectivity index (χ2v) is 10.8. The van der Waals surface area contributed by atoms with Crippen LogP contribution in [0.2, 0.25) is 10.0 Å². The average molecular weight is 692 g/mol. The van der Waals surface area contributed by atoms with Crippen molar-refractivity contribution in [3.05, 3.63) is 58.6 Å². The normalized spacial score (nSPS) is 12.2. The molecule has 0 heterocycles. The van der Waals surface area contributed by atoms with Gasteiger partial charge in [-0.25, -0.2) is 9.59 Å². The van der Waals surface area contributed by atoms with Crippen molar-refractivity contribution in [3.63, 3.8) is 0 Å². The first-order valence-electron chi connectivity index (χ1n) is 9.13. The van der Waals surface area contributed by atoms with E-state index >= 15 is 0 Å². The van der Waals surface area contributed by atoms with Gasteiger partial charge in [-0.2, -0.15) is 0 Å². The standard InChI is InChI=1S/C21H21Cl2I2NO5/c1-21(2,3)31-20(29)26-17(19(27)28)9-11-7-15(24)18(16(25)8-11)30-10-12-13(22)5-4-6-14(12)23/h4-8,17H,9-10H2,1-3H3,(H,26,29)(H,27,28). The molecule has 0 spiro atoms. The molecular formula is C21H21Cl2I2NO5. The Kier molecular flexibility index (Phi) is 9.53. The summed E-state index contributed by atoms with van der Waals surface area (Å²) in [5.41, 5.74) is 0.705. The molecule has 31 heavy (non-hydrogen) atoms. The number of halogens is 4. The lowest BCUT2D eigenvalue weighted by Crippen LogP contribution is -2.44. The topological polar surface area (TPSA) is 84.9 Å². The third-order valence-corrected chi connectivity index (χ3v) is 6.22. The van der Waals surface area contributed by atoms with Crippen LogP contribution in [0.5, 0.6) is 5.75 Å². The highest BCUT2D eigenvalue weighted by atomic mass is 127. The van der Waals surface area contributed by atoms with Gasteiger partial charge in [0.1, 0.15) is 24.0 Å². The molecule has 10 heteroatoms. The summed E-state index contributed by atoms with van der Waals surface area (Å²) in [7, 11) is 0. The van der Waals surface area contributed by atoms with Crippen LogP contribution >= 0.6 is 68.4 Å². The molecule has 0 aliphatic rings. The number of amides is 1. The maximum atomic E-state index is 12.0. The highest BCUT2D eigenvalue weighted by Gasteiger charge is 2.25. The van der Waals surface area contributed by atoms with E-state index in [0.29, 0.717) is 21.4 Å². The van der Waals surface area contributed by atoms with Gasteiger partial charge >= 0.3 is 12.1 Å². The Labute approximate surface area is 218 Å². The second-order valence-electron chi connectivity index (χ2n) is 7.62. The highest BCUT2D eigenvalue weighted by molar-refractivity contribution is 14.1. The molecule has 1 atom stereocenters. The molecule has 2 rings (SSSR count). The largest absolute Gasteiger partial charge is 0.487 e. The lowest BCUT2D eigenvalue weighted by molar-refractivity contribution is -0.139. The predicted molar refractivity (Wildman–Crippen MR) is 137 cm³/mol. The van der Waals surface area contributed by atoms with Crippen LogP contribution in [-0.2, 0) is 22.6 Å². The fraction of sp³-hybridized carbons (Fsp3) is 0.333. The lowest BCUT2D eigenvalue weighted by atomic mass is 10.1. The smallest absolute Gasteiger partial charge is 0.408 e. The summed E-state index contributed by atoms with van der Waals surface area (Å²) in [4.78, 5) is 23.6. The molecule has 0 aliphatic heterocycles. The van der Waals surface area contributed by atoms with Gasteiger partial charge in [0, 0.05) is 22.0 Å². The molecule has 0 bridgehead atoms. The molecule has 6 nitrogen and oxygen atoms in total. The minimum absolute atomic E-state index is 0.0944. The zero-order chi connectivity index (χ0) is 23.3. The van der Waals surface area contributed by atoms with Crippen LogP contribution in [-0.4, -0.2) is 28.8 Å². The van der Waals surface area contributed by atoms with Gasteiger partial charge in [0.2, 0.25) is 0 Å². The Morgan fingerprint density at radius 2 is 1.68 bits per heavy atom. The van der Waals surface area contributed by atoms with Crippen LogP contribution in [0, 0.1) is 7.14 Å². The number of nitrogens with one attached hydrogen (secondary N) is 1. The van der Waals surface area contributed by atoms with E-state index in [0.717, 1.165) is 12.7 Å². The molecule has 2 N–H and O–H groups in total. The number of carbonyl (C=O) groups excluding carboxylic acids is 1. The van der Waals surface area contributed by atoms with Crippen LogP contribution < -0.4 is 10.1 Å². The number of carbonyl (C=O) groups is 2. The number of alkyl carbamates (subject to hydrolysis) is 1. The van der Waals surface area contributed by atoms with Gasteiger partial charge < -0.3 is 19.9 Å². The van der Waals surface area contributed by atoms with Crippen molar-refractivity contribution in [1.29, 1.82) is 0 Å². The van der Waals surface area contributed by atoms with Crippen molar-refractivity contribution in [1.82, 2.24) is 5.32 Å². The molecule has 1 unspecified atom stereocenters. The third kappa shape index (κ3) is 8.14. The Bertz CT molecular complexity index is 935. The first-order chi connectivity index (χ1) is 14.4. The van der Waals surface area contributed by atoms with Gasteiger partial charge in [-0.1, -0.05) is 29.3 Å². The summed E-state index contributed by atoms with van der Waals surface area (Å²) in [5.74, 6) is -0.502. The van der Waals surface area contributed by atoms with Crippen molar-refractivity contribution in [3.8, 4) is 5.75 Å². The molecule has 0 fully saturated rings. The molecule has 0 aromatic heterocycles. The lowest BCUT2D eigenvalue weighted by Gasteiger charge is -2.22. The Morgan fingerprint density at radius 3 is 2.16 bits per heavy atom. The zero-order valence-corrected chi connectivity index (χ0v) is 22.8. The number of carboxylic acid groups (broad SMARTS) is 1. The molecule has 2 aromatic carbocycles. The molecule has 0 saturated carbocycles. The van der Waals surface area contributed by atoms with Crippen molar-refractivity contribution in [2.24, 2.45) is 0 Å². The number of hydrogen-bond acceptors (Lipinski definition) is 4. The fourth-order valence-corrected chi connectivity index (χ4v) is 5.28. The van der Waals surface area contributed by atoms with Gasteiger partial charge in [0.15, 0.2) is 0 Å². The number of aliphatic carboxylic acids is 1. The molecule has 1 amide bonds. The molecule has 168 valence electrons. The zero-order valence-electron chi connectivity index (χ0n) is 17.0. The molecule has 0 aliphatic carbocycles. The summed E-state index contributed by atoms with van der Waals surface area (Å²) in [6, 6.07) is 7.76. The van der Waals surface area contributed by atoms with Crippen LogP contribution in [0.3, 0.4) is 0 Å². The molecule has 2 aromatic rings. The fourth-order valence-electron chi connectivity index (χ4n) is 2.57. The van der Waals surface area contributed by atoms with Crippen molar-refractivity contribution < 1.29 is 24.2 Å². The maximum Gasteiger partial charge on any atom is 0.408 e. The van der Waals surface area contributed by atoms with Crippen LogP contribution in [0.15, 0.2) is 30.3 Å². The van der Waals surface area contributed by atoms with E-state index in [2.05, 4.69) is 50.5 Å². The van der Waals surface area contributed by atoms with Gasteiger partial charge in [0.25, 0.3) is 0 Å². The van der Waals surface area contributed by atoms with Crippen LogP contribution in [0.1, 0.15) is 31.9 Å². The van der Waals surface area contributed by atoms with E-state index in [-0.39, 0.29) is 13.0 Å². The number of ether oxygens (including phenoxy) is 2. The van der Waals surface area contributed by atoms with Gasteiger partial charge in [0.05, 0.1) is 7.14 Å². The van der Waals surface area contributed by atoms with Gasteiger partial charge in [-0.15, -0.1) is 0 Å². The van der Waals surface area contributed by atoms with E-state index < -0.39 is 23.7 Å². The van der Waals surface area contributed by atoms with Gasteiger partial charge in [-0.05, 0) is 95.8 Å². The SMILES string of the molecule is CC(C)(C)OC(=O)NC(Cc1cc(I)c(OCc2c(Cl)cccc2Cl)c(I)c1)C(=O)O. The first kappa shape index (κ1) is 26.3. The van der Waals surface area contributed by atoms with Crippen LogP contribution in [0.25, 0.3) is 0 Å². The molecule has 0 saturated heterocycles.